The number of anilines is 2. The lowest BCUT2D eigenvalue weighted by Gasteiger charge is -2.33. The third-order valence-corrected chi connectivity index (χ3v) is 4.55. The maximum absolute atomic E-state index is 12.5. The Morgan fingerprint density at radius 2 is 1.88 bits per heavy atom. The van der Waals surface area contributed by atoms with Gasteiger partial charge in [-0.1, -0.05) is 12.1 Å². The Labute approximate surface area is 145 Å². The first kappa shape index (κ1) is 16.4. The number of para-hydroxylation sites is 2. The minimum atomic E-state index is -0.746. The second-order valence-corrected chi connectivity index (χ2v) is 6.30. The molecule has 1 heterocycles. The van der Waals surface area contributed by atoms with Crippen LogP contribution in [-0.4, -0.2) is 30.7 Å². The summed E-state index contributed by atoms with van der Waals surface area (Å²) in [7, 11) is 0. The van der Waals surface area contributed by atoms with Crippen molar-refractivity contribution >= 4 is 35.0 Å². The number of nitrogens with one attached hydrogen (secondary N) is 1. The Hall–Kier alpha value is -2.47. The predicted molar refractivity (Wildman–Crippen MR) is 95.7 cm³/mol. The van der Waals surface area contributed by atoms with E-state index in [2.05, 4.69) is 5.32 Å². The molecule has 124 valence electrons. The minimum Gasteiger partial charge on any atom is -0.476 e. The van der Waals surface area contributed by atoms with Gasteiger partial charge in [0.25, 0.3) is 5.91 Å². The quantitative estimate of drug-likeness (QED) is 0.871. The minimum absolute atomic E-state index is 0.118. The molecule has 0 aromatic heterocycles. The van der Waals surface area contributed by atoms with Gasteiger partial charge >= 0.3 is 0 Å². The molecule has 24 heavy (non-hydrogen) atoms. The van der Waals surface area contributed by atoms with Crippen molar-refractivity contribution in [1.29, 1.82) is 0 Å². The first-order valence-electron chi connectivity index (χ1n) is 7.57. The lowest BCUT2D eigenvalue weighted by molar-refractivity contribution is -0.123. The summed E-state index contributed by atoms with van der Waals surface area (Å²) in [5, 5.41) is 2.84. The molecule has 0 aliphatic carbocycles. The van der Waals surface area contributed by atoms with Crippen molar-refractivity contribution in [2.45, 2.75) is 17.9 Å². The molecule has 1 aliphatic heterocycles. The molecule has 1 atom stereocenters. The topological polar surface area (TPSA) is 58.6 Å². The number of benzene rings is 2. The lowest BCUT2D eigenvalue weighted by atomic mass is 10.1. The first-order valence-corrected chi connectivity index (χ1v) is 8.79. The molecule has 2 aromatic rings. The first-order chi connectivity index (χ1) is 11.6. The fraction of sp³-hybridized carbons (Fsp3) is 0.222. The maximum atomic E-state index is 12.5. The van der Waals surface area contributed by atoms with Crippen LogP contribution in [0.1, 0.15) is 6.92 Å². The highest BCUT2D eigenvalue weighted by Gasteiger charge is 2.32. The van der Waals surface area contributed by atoms with Crippen molar-refractivity contribution in [3.63, 3.8) is 0 Å². The molecule has 0 bridgehead atoms. The summed E-state index contributed by atoms with van der Waals surface area (Å²) in [5.41, 5.74) is 1.40. The summed E-state index contributed by atoms with van der Waals surface area (Å²) in [6, 6.07) is 14.8. The second-order valence-electron chi connectivity index (χ2n) is 5.42. The van der Waals surface area contributed by atoms with Crippen LogP contribution >= 0.6 is 11.8 Å². The van der Waals surface area contributed by atoms with Crippen molar-refractivity contribution in [2.75, 3.05) is 23.0 Å². The van der Waals surface area contributed by atoms with Crippen molar-refractivity contribution in [1.82, 2.24) is 0 Å². The number of thioether (sulfide) groups is 1. The molecule has 5 nitrogen and oxygen atoms in total. The van der Waals surface area contributed by atoms with Gasteiger partial charge < -0.3 is 15.0 Å². The Balaban J connectivity index is 1.77. The molecule has 0 radical (unpaired) electrons. The standard InChI is InChI=1S/C18H18N2O3S/c1-12(21)20-11-17(23-16-6-4-3-5-15(16)20)18(22)19-13-7-9-14(24-2)10-8-13/h3-10,17H,11H2,1-2H3,(H,19,22)/t17-/m0/s1. The molecule has 6 heteroatoms. The smallest absolute Gasteiger partial charge is 0.267 e. The third-order valence-electron chi connectivity index (χ3n) is 3.80. The van der Waals surface area contributed by atoms with Gasteiger partial charge in [-0.2, -0.15) is 0 Å². The van der Waals surface area contributed by atoms with Gasteiger partial charge in [-0.25, -0.2) is 0 Å². The van der Waals surface area contributed by atoms with Gasteiger partial charge in [0.1, 0.15) is 5.75 Å². The fourth-order valence-corrected chi connectivity index (χ4v) is 2.97. The summed E-state index contributed by atoms with van der Waals surface area (Å²) < 4.78 is 5.78. The maximum Gasteiger partial charge on any atom is 0.267 e. The SMILES string of the molecule is CSc1ccc(NC(=O)[C@@H]2CN(C(C)=O)c3ccccc3O2)cc1. The predicted octanol–water partition coefficient (Wildman–Crippen LogP) is 3.16. The van der Waals surface area contributed by atoms with E-state index in [4.69, 9.17) is 4.74 Å². The van der Waals surface area contributed by atoms with Gasteiger partial charge in [0, 0.05) is 17.5 Å². The zero-order valence-corrected chi connectivity index (χ0v) is 14.3. The van der Waals surface area contributed by atoms with E-state index < -0.39 is 6.10 Å². The molecule has 0 saturated carbocycles. The zero-order chi connectivity index (χ0) is 17.1. The largest absolute Gasteiger partial charge is 0.476 e. The Morgan fingerprint density at radius 3 is 2.54 bits per heavy atom. The van der Waals surface area contributed by atoms with Crippen LogP contribution in [0.5, 0.6) is 5.75 Å². The van der Waals surface area contributed by atoms with E-state index in [9.17, 15) is 9.59 Å². The second kappa shape index (κ2) is 6.97. The van der Waals surface area contributed by atoms with Gasteiger partial charge in [0.15, 0.2) is 6.10 Å². The highest BCUT2D eigenvalue weighted by atomic mass is 32.2. The Bertz CT molecular complexity index is 761. The average molecular weight is 342 g/mol. The molecule has 0 spiro atoms. The van der Waals surface area contributed by atoms with Crippen LogP contribution in [0.25, 0.3) is 0 Å². The number of rotatable bonds is 3. The molecular weight excluding hydrogens is 324 g/mol. The molecule has 1 aliphatic rings. The summed E-state index contributed by atoms with van der Waals surface area (Å²) in [5.74, 6) is 0.150. The molecule has 1 N–H and O–H groups in total. The molecule has 0 saturated heterocycles. The number of carbonyl (C=O) groups is 2. The van der Waals surface area contributed by atoms with E-state index in [1.54, 1.807) is 22.7 Å². The zero-order valence-electron chi connectivity index (χ0n) is 13.5. The van der Waals surface area contributed by atoms with Crippen LogP contribution in [0.3, 0.4) is 0 Å². The Kier molecular flexibility index (Phi) is 4.76. The number of fused-ring (bicyclic) bond motifs is 1. The number of hydrogen-bond acceptors (Lipinski definition) is 4. The fourth-order valence-electron chi connectivity index (χ4n) is 2.57. The molecule has 0 fully saturated rings. The normalized spacial score (nSPS) is 16.1. The van der Waals surface area contributed by atoms with Crippen LogP contribution in [0, 0.1) is 0 Å². The van der Waals surface area contributed by atoms with Crippen molar-refractivity contribution < 1.29 is 14.3 Å². The van der Waals surface area contributed by atoms with E-state index in [1.807, 2.05) is 48.7 Å². The average Bonchev–Trinajstić information content (AvgIpc) is 2.61. The monoisotopic (exact) mass is 342 g/mol. The van der Waals surface area contributed by atoms with Gasteiger partial charge in [-0.3, -0.25) is 9.59 Å². The van der Waals surface area contributed by atoms with E-state index in [1.165, 1.54) is 6.92 Å². The highest BCUT2D eigenvalue weighted by Crippen LogP contribution is 2.33. The number of carbonyl (C=O) groups excluding carboxylic acids is 2. The van der Waals surface area contributed by atoms with Crippen molar-refractivity contribution in [2.24, 2.45) is 0 Å². The number of amides is 2. The van der Waals surface area contributed by atoms with E-state index in [-0.39, 0.29) is 18.4 Å². The van der Waals surface area contributed by atoms with Crippen LogP contribution in [0.2, 0.25) is 0 Å². The molecule has 2 aromatic carbocycles. The number of hydrogen-bond donors (Lipinski definition) is 1. The van der Waals surface area contributed by atoms with Crippen LogP contribution in [-0.2, 0) is 9.59 Å². The molecule has 2 amide bonds. The van der Waals surface area contributed by atoms with Gasteiger partial charge in [0.2, 0.25) is 5.91 Å². The van der Waals surface area contributed by atoms with Gasteiger partial charge in [-0.05, 0) is 42.7 Å². The molecule has 0 unspecified atom stereocenters. The summed E-state index contributed by atoms with van der Waals surface area (Å²) in [6.45, 7) is 1.68. The molecule has 3 rings (SSSR count). The summed E-state index contributed by atoms with van der Waals surface area (Å²) in [4.78, 5) is 27.1. The third kappa shape index (κ3) is 3.38. The van der Waals surface area contributed by atoms with Crippen LogP contribution in [0.4, 0.5) is 11.4 Å². The number of ether oxygens (including phenoxy) is 1. The summed E-state index contributed by atoms with van der Waals surface area (Å²) >= 11 is 1.64. The molecular formula is C18H18N2O3S. The van der Waals surface area contributed by atoms with Crippen molar-refractivity contribution in [3.8, 4) is 5.75 Å². The van der Waals surface area contributed by atoms with Gasteiger partial charge in [0.05, 0.1) is 12.2 Å². The summed E-state index contributed by atoms with van der Waals surface area (Å²) in [6.07, 6.45) is 1.25. The van der Waals surface area contributed by atoms with E-state index in [0.29, 0.717) is 17.1 Å². The van der Waals surface area contributed by atoms with Gasteiger partial charge in [-0.15, -0.1) is 11.8 Å². The van der Waals surface area contributed by atoms with E-state index >= 15 is 0 Å². The lowest BCUT2D eigenvalue weighted by Crippen LogP contribution is -2.48. The van der Waals surface area contributed by atoms with Crippen molar-refractivity contribution in [3.05, 3.63) is 48.5 Å². The van der Waals surface area contributed by atoms with E-state index in [0.717, 1.165) is 4.90 Å². The Morgan fingerprint density at radius 1 is 1.17 bits per heavy atom. The highest BCUT2D eigenvalue weighted by molar-refractivity contribution is 7.98. The number of nitrogens with zero attached hydrogens (tertiary/aromatic N) is 1. The van der Waals surface area contributed by atoms with Crippen LogP contribution in [0.15, 0.2) is 53.4 Å². The van der Waals surface area contributed by atoms with Crippen LogP contribution < -0.4 is 15.0 Å².